The molecule has 1 N–H and O–H groups in total. The Morgan fingerprint density at radius 1 is 1.20 bits per heavy atom. The van der Waals surface area contributed by atoms with E-state index < -0.39 is 0 Å². The largest absolute Gasteiger partial charge is 0.319 e. The molecule has 0 aliphatic rings. The number of hydrogen-bond acceptors (Lipinski definition) is 1. The molecule has 0 amide bonds. The molecule has 3 heteroatoms. The molecular weight excluding hydrogens is 229 g/mol. The summed E-state index contributed by atoms with van der Waals surface area (Å²) in [6, 6.07) is 8.10. The summed E-state index contributed by atoms with van der Waals surface area (Å²) in [6.45, 7) is 5.55. The Hall–Kier alpha value is -0.240. The van der Waals surface area contributed by atoms with Gasteiger partial charge in [0.15, 0.2) is 0 Å². The van der Waals surface area contributed by atoms with E-state index in [-0.39, 0.29) is 12.4 Å². The minimum Gasteiger partial charge on any atom is -0.319 e. The van der Waals surface area contributed by atoms with Gasteiger partial charge in [0.25, 0.3) is 0 Å². The van der Waals surface area contributed by atoms with E-state index in [0.717, 1.165) is 18.0 Å². The van der Waals surface area contributed by atoms with Gasteiger partial charge in [-0.3, -0.25) is 0 Å². The Labute approximate surface area is 104 Å². The predicted molar refractivity (Wildman–Crippen MR) is 70.1 cm³/mol. The molecule has 0 aliphatic heterocycles. The van der Waals surface area contributed by atoms with Crippen LogP contribution in [-0.4, -0.2) is 13.6 Å². The topological polar surface area (TPSA) is 12.0 Å². The Morgan fingerprint density at radius 2 is 1.73 bits per heavy atom. The van der Waals surface area contributed by atoms with Crippen molar-refractivity contribution >= 4 is 24.0 Å². The summed E-state index contributed by atoms with van der Waals surface area (Å²) >= 11 is 5.83. The van der Waals surface area contributed by atoms with Gasteiger partial charge in [-0.25, -0.2) is 0 Å². The highest BCUT2D eigenvalue weighted by molar-refractivity contribution is 6.30. The molecule has 0 heterocycles. The van der Waals surface area contributed by atoms with Crippen molar-refractivity contribution < 1.29 is 0 Å². The Morgan fingerprint density at radius 3 is 2.20 bits per heavy atom. The van der Waals surface area contributed by atoms with E-state index in [1.165, 1.54) is 5.56 Å². The van der Waals surface area contributed by atoms with E-state index in [2.05, 4.69) is 31.3 Å². The van der Waals surface area contributed by atoms with Crippen LogP contribution in [0.15, 0.2) is 24.3 Å². The van der Waals surface area contributed by atoms with E-state index in [4.69, 9.17) is 11.6 Å². The van der Waals surface area contributed by atoms with Crippen LogP contribution in [0, 0.1) is 5.41 Å². The monoisotopic (exact) mass is 247 g/mol. The standard InChI is InChI=1S/C12H18ClN.ClH/c1-12(2,9-14-3)8-10-4-6-11(13)7-5-10;/h4-7,14H,8-9H2,1-3H3;1H. The molecule has 86 valence electrons. The van der Waals surface area contributed by atoms with Crippen LogP contribution < -0.4 is 5.32 Å². The summed E-state index contributed by atoms with van der Waals surface area (Å²) in [5, 5.41) is 4.02. The Bertz CT molecular complexity index is 280. The smallest absolute Gasteiger partial charge is 0.0406 e. The van der Waals surface area contributed by atoms with E-state index in [0.29, 0.717) is 5.41 Å². The van der Waals surface area contributed by atoms with Gasteiger partial charge in [0.1, 0.15) is 0 Å². The second-order valence-electron chi connectivity index (χ2n) is 4.50. The zero-order chi connectivity index (χ0) is 10.6. The molecule has 1 rings (SSSR count). The van der Waals surface area contributed by atoms with Crippen LogP contribution in [0.4, 0.5) is 0 Å². The lowest BCUT2D eigenvalue weighted by molar-refractivity contribution is 0.350. The molecule has 0 saturated carbocycles. The maximum absolute atomic E-state index is 5.83. The molecular formula is C12H19Cl2N. The SMILES string of the molecule is CNCC(C)(C)Cc1ccc(Cl)cc1.Cl. The highest BCUT2D eigenvalue weighted by Crippen LogP contribution is 2.21. The van der Waals surface area contributed by atoms with Crippen molar-refractivity contribution in [3.05, 3.63) is 34.9 Å². The van der Waals surface area contributed by atoms with Gasteiger partial charge < -0.3 is 5.32 Å². The van der Waals surface area contributed by atoms with Crippen molar-refractivity contribution in [2.24, 2.45) is 5.41 Å². The lowest BCUT2D eigenvalue weighted by Crippen LogP contribution is -2.28. The van der Waals surface area contributed by atoms with Gasteiger partial charge in [-0.1, -0.05) is 37.6 Å². The fourth-order valence-electron chi connectivity index (χ4n) is 1.70. The van der Waals surface area contributed by atoms with Crippen molar-refractivity contribution in [3.8, 4) is 0 Å². The van der Waals surface area contributed by atoms with Crippen LogP contribution in [0.3, 0.4) is 0 Å². The quantitative estimate of drug-likeness (QED) is 0.859. The predicted octanol–water partition coefficient (Wildman–Crippen LogP) is 3.55. The summed E-state index contributed by atoms with van der Waals surface area (Å²) in [5.41, 5.74) is 1.64. The zero-order valence-electron chi connectivity index (χ0n) is 9.51. The second-order valence-corrected chi connectivity index (χ2v) is 4.93. The molecule has 0 unspecified atom stereocenters. The lowest BCUT2D eigenvalue weighted by atomic mass is 9.86. The van der Waals surface area contributed by atoms with Crippen LogP contribution in [-0.2, 0) is 6.42 Å². The molecule has 0 radical (unpaired) electrons. The van der Waals surface area contributed by atoms with Gasteiger partial charge in [-0.15, -0.1) is 12.4 Å². The Kier molecular flexibility index (Phi) is 6.26. The molecule has 0 spiro atoms. The first-order chi connectivity index (χ1) is 6.53. The third-order valence-corrected chi connectivity index (χ3v) is 2.50. The minimum absolute atomic E-state index is 0. The number of rotatable bonds is 4. The molecule has 0 saturated heterocycles. The van der Waals surface area contributed by atoms with Crippen molar-refractivity contribution in [1.29, 1.82) is 0 Å². The normalized spacial score (nSPS) is 10.9. The van der Waals surface area contributed by atoms with Crippen LogP contribution in [0.5, 0.6) is 0 Å². The van der Waals surface area contributed by atoms with E-state index >= 15 is 0 Å². The molecule has 1 aromatic carbocycles. The van der Waals surface area contributed by atoms with E-state index in [1.807, 2.05) is 19.2 Å². The van der Waals surface area contributed by atoms with Crippen molar-refractivity contribution in [1.82, 2.24) is 5.32 Å². The molecule has 0 bridgehead atoms. The molecule has 0 aromatic heterocycles. The van der Waals surface area contributed by atoms with E-state index in [1.54, 1.807) is 0 Å². The molecule has 0 atom stereocenters. The van der Waals surface area contributed by atoms with E-state index in [9.17, 15) is 0 Å². The summed E-state index contributed by atoms with van der Waals surface area (Å²) in [6.07, 6.45) is 1.07. The maximum atomic E-state index is 5.83. The van der Waals surface area contributed by atoms with Crippen LogP contribution >= 0.6 is 24.0 Å². The number of hydrogen-bond donors (Lipinski definition) is 1. The zero-order valence-corrected chi connectivity index (χ0v) is 11.1. The summed E-state index contributed by atoms with van der Waals surface area (Å²) < 4.78 is 0. The fraction of sp³-hybridized carbons (Fsp3) is 0.500. The Balaban J connectivity index is 0.00000196. The molecule has 0 aliphatic carbocycles. The highest BCUT2D eigenvalue weighted by Gasteiger charge is 2.16. The third kappa shape index (κ3) is 5.41. The van der Waals surface area contributed by atoms with Crippen LogP contribution in [0.2, 0.25) is 5.02 Å². The van der Waals surface area contributed by atoms with Crippen molar-refractivity contribution in [3.63, 3.8) is 0 Å². The van der Waals surface area contributed by atoms with Crippen molar-refractivity contribution in [2.45, 2.75) is 20.3 Å². The fourth-order valence-corrected chi connectivity index (χ4v) is 1.82. The van der Waals surface area contributed by atoms with Crippen molar-refractivity contribution in [2.75, 3.05) is 13.6 Å². The first-order valence-electron chi connectivity index (χ1n) is 4.92. The average molecular weight is 248 g/mol. The van der Waals surface area contributed by atoms with Gasteiger partial charge in [0.2, 0.25) is 0 Å². The third-order valence-electron chi connectivity index (χ3n) is 2.25. The first-order valence-corrected chi connectivity index (χ1v) is 5.30. The van der Waals surface area contributed by atoms with Gasteiger partial charge >= 0.3 is 0 Å². The summed E-state index contributed by atoms with van der Waals surface area (Å²) in [7, 11) is 1.99. The van der Waals surface area contributed by atoms with Gasteiger partial charge in [-0.2, -0.15) is 0 Å². The summed E-state index contributed by atoms with van der Waals surface area (Å²) in [4.78, 5) is 0. The second kappa shape index (κ2) is 6.37. The molecule has 1 aromatic rings. The van der Waals surface area contributed by atoms with Gasteiger partial charge in [0.05, 0.1) is 0 Å². The number of nitrogens with one attached hydrogen (secondary N) is 1. The van der Waals surface area contributed by atoms with Crippen LogP contribution in [0.25, 0.3) is 0 Å². The van der Waals surface area contributed by atoms with Gasteiger partial charge in [-0.05, 0) is 36.6 Å². The number of halogens is 2. The molecule has 1 nitrogen and oxygen atoms in total. The molecule has 15 heavy (non-hydrogen) atoms. The van der Waals surface area contributed by atoms with Crippen LogP contribution in [0.1, 0.15) is 19.4 Å². The average Bonchev–Trinajstić information content (AvgIpc) is 2.08. The maximum Gasteiger partial charge on any atom is 0.0406 e. The summed E-state index contributed by atoms with van der Waals surface area (Å²) in [5.74, 6) is 0. The lowest BCUT2D eigenvalue weighted by Gasteiger charge is -2.24. The minimum atomic E-state index is 0. The highest BCUT2D eigenvalue weighted by atomic mass is 35.5. The van der Waals surface area contributed by atoms with Gasteiger partial charge in [0, 0.05) is 11.6 Å². The number of benzene rings is 1. The first kappa shape index (κ1) is 14.8. The molecule has 0 fully saturated rings.